The Kier molecular flexibility index (Phi) is 1.68. The number of hydrogen-bond acceptors (Lipinski definition) is 1. The van der Waals surface area contributed by atoms with Crippen molar-refractivity contribution in [1.29, 1.82) is 0 Å². The van der Waals surface area contributed by atoms with E-state index >= 15 is 0 Å². The normalized spacial score (nSPS) is 18.6. The maximum absolute atomic E-state index is 13.4. The van der Waals surface area contributed by atoms with Crippen molar-refractivity contribution in [2.45, 2.75) is 19.4 Å². The van der Waals surface area contributed by atoms with E-state index in [4.69, 9.17) is 0 Å². The van der Waals surface area contributed by atoms with Crippen LogP contribution in [0.15, 0.2) is 18.2 Å². The summed E-state index contributed by atoms with van der Waals surface area (Å²) in [5.74, 6) is -0.659. The van der Waals surface area contributed by atoms with E-state index in [1.54, 1.807) is 24.1 Å². The van der Waals surface area contributed by atoms with Crippen LogP contribution < -0.4 is 0 Å². The van der Waals surface area contributed by atoms with E-state index in [1.807, 2.05) is 13.8 Å². The summed E-state index contributed by atoms with van der Waals surface area (Å²) in [6.07, 6.45) is 0. The van der Waals surface area contributed by atoms with Crippen molar-refractivity contribution >= 4 is 5.91 Å². The molecule has 1 amide bonds. The fraction of sp³-hybridized carbons (Fsp3) is 0.364. The molecule has 1 aliphatic heterocycles. The molecule has 74 valence electrons. The van der Waals surface area contributed by atoms with Gasteiger partial charge in [0.2, 0.25) is 0 Å². The van der Waals surface area contributed by atoms with E-state index in [0.717, 1.165) is 5.56 Å². The number of carbonyl (C=O) groups is 1. The number of rotatable bonds is 0. The number of halogens is 1. The molecule has 1 aliphatic rings. The molecule has 0 radical (unpaired) electrons. The first-order valence-electron chi connectivity index (χ1n) is 4.53. The Bertz CT molecular complexity index is 412. The van der Waals surface area contributed by atoms with Crippen molar-refractivity contribution in [3.8, 4) is 0 Å². The highest BCUT2D eigenvalue weighted by Gasteiger charge is 2.41. The van der Waals surface area contributed by atoms with Gasteiger partial charge in [-0.05, 0) is 25.5 Å². The molecule has 0 N–H and O–H groups in total. The Morgan fingerprint density at radius 1 is 1.36 bits per heavy atom. The molecule has 0 saturated carbocycles. The largest absolute Gasteiger partial charge is 0.332 e. The molecular weight excluding hydrogens is 181 g/mol. The molecule has 2 nitrogen and oxygen atoms in total. The summed E-state index contributed by atoms with van der Waals surface area (Å²) in [5, 5.41) is 0. The lowest BCUT2D eigenvalue weighted by atomic mass is 9.94. The summed E-state index contributed by atoms with van der Waals surface area (Å²) in [7, 11) is 1.70. The van der Waals surface area contributed by atoms with Crippen molar-refractivity contribution in [3.63, 3.8) is 0 Å². The smallest absolute Gasteiger partial charge is 0.257 e. The Morgan fingerprint density at radius 2 is 2.00 bits per heavy atom. The van der Waals surface area contributed by atoms with Crippen molar-refractivity contribution in [2.75, 3.05) is 7.05 Å². The molecule has 3 heteroatoms. The summed E-state index contributed by atoms with van der Waals surface area (Å²) in [4.78, 5) is 13.3. The van der Waals surface area contributed by atoms with Crippen molar-refractivity contribution in [2.24, 2.45) is 0 Å². The second kappa shape index (κ2) is 2.56. The van der Waals surface area contributed by atoms with Gasteiger partial charge in [-0.25, -0.2) is 4.39 Å². The molecule has 0 aliphatic carbocycles. The van der Waals surface area contributed by atoms with Gasteiger partial charge in [-0.15, -0.1) is 0 Å². The molecule has 0 spiro atoms. The summed E-state index contributed by atoms with van der Waals surface area (Å²) >= 11 is 0. The van der Waals surface area contributed by atoms with Crippen molar-refractivity contribution in [1.82, 2.24) is 4.90 Å². The Hall–Kier alpha value is -1.38. The van der Waals surface area contributed by atoms with Crippen molar-refractivity contribution < 1.29 is 9.18 Å². The molecule has 0 fully saturated rings. The minimum absolute atomic E-state index is 0.222. The van der Waals surface area contributed by atoms with Gasteiger partial charge < -0.3 is 4.90 Å². The molecule has 0 atom stereocenters. The number of fused-ring (bicyclic) bond motifs is 1. The minimum Gasteiger partial charge on any atom is -0.332 e. The van der Waals surface area contributed by atoms with Crippen LogP contribution >= 0.6 is 0 Å². The minimum atomic E-state index is -0.426. The Balaban J connectivity index is 2.74. The zero-order valence-electron chi connectivity index (χ0n) is 8.47. The van der Waals surface area contributed by atoms with Gasteiger partial charge in [0, 0.05) is 7.05 Å². The fourth-order valence-electron chi connectivity index (χ4n) is 1.85. The molecule has 0 bridgehead atoms. The number of amides is 1. The molecule has 0 saturated heterocycles. The quantitative estimate of drug-likeness (QED) is 0.618. The highest BCUT2D eigenvalue weighted by atomic mass is 19.1. The van der Waals surface area contributed by atoms with Gasteiger partial charge >= 0.3 is 0 Å². The van der Waals surface area contributed by atoms with Crippen LogP contribution in [0.1, 0.15) is 29.8 Å². The third kappa shape index (κ3) is 0.924. The number of benzene rings is 1. The first kappa shape index (κ1) is 9.19. The maximum Gasteiger partial charge on any atom is 0.257 e. The van der Waals surface area contributed by atoms with Gasteiger partial charge in [0.15, 0.2) is 0 Å². The fourth-order valence-corrected chi connectivity index (χ4v) is 1.85. The number of hydrogen-bond donors (Lipinski definition) is 0. The van der Waals surface area contributed by atoms with E-state index in [9.17, 15) is 9.18 Å². The molecule has 1 aromatic carbocycles. The van der Waals surface area contributed by atoms with E-state index in [2.05, 4.69) is 0 Å². The lowest BCUT2D eigenvalue weighted by Gasteiger charge is -2.28. The second-order valence-corrected chi connectivity index (χ2v) is 4.09. The first-order valence-corrected chi connectivity index (χ1v) is 4.53. The molecule has 14 heavy (non-hydrogen) atoms. The molecule has 1 aromatic rings. The van der Waals surface area contributed by atoms with Gasteiger partial charge in [-0.3, -0.25) is 4.79 Å². The average Bonchev–Trinajstić information content (AvgIpc) is 2.30. The standard InChI is InChI=1S/C11H12FNO/c1-11(2)7-5-4-6-8(12)9(7)10(14)13(11)3/h4-6H,1-3H3. The van der Waals surface area contributed by atoms with Crippen LogP contribution in [0, 0.1) is 5.82 Å². The van der Waals surface area contributed by atoms with Crippen LogP contribution in [0.4, 0.5) is 4.39 Å². The lowest BCUT2D eigenvalue weighted by molar-refractivity contribution is 0.0689. The van der Waals surface area contributed by atoms with Gasteiger partial charge in [0.1, 0.15) is 5.82 Å². The SMILES string of the molecule is CN1C(=O)c2c(F)cccc2C1(C)C. The van der Waals surface area contributed by atoms with Gasteiger partial charge in [-0.2, -0.15) is 0 Å². The third-order valence-corrected chi connectivity index (χ3v) is 3.03. The Morgan fingerprint density at radius 3 is 2.57 bits per heavy atom. The predicted octanol–water partition coefficient (Wildman–Crippen LogP) is 2.15. The zero-order chi connectivity index (χ0) is 10.5. The molecule has 0 aromatic heterocycles. The first-order chi connectivity index (χ1) is 6.46. The van der Waals surface area contributed by atoms with Crippen LogP contribution in [0.25, 0.3) is 0 Å². The summed E-state index contributed by atoms with van der Waals surface area (Å²) in [6, 6.07) is 4.77. The van der Waals surface area contributed by atoms with Crippen LogP contribution in [0.2, 0.25) is 0 Å². The van der Waals surface area contributed by atoms with Crippen LogP contribution in [0.5, 0.6) is 0 Å². The third-order valence-electron chi connectivity index (χ3n) is 3.03. The van der Waals surface area contributed by atoms with Crippen LogP contribution in [-0.4, -0.2) is 17.9 Å². The van der Waals surface area contributed by atoms with E-state index in [0.29, 0.717) is 0 Å². The lowest BCUT2D eigenvalue weighted by Crippen LogP contribution is -2.35. The Labute approximate surface area is 82.3 Å². The molecular formula is C11H12FNO. The summed E-state index contributed by atoms with van der Waals surface area (Å²) in [5.41, 5.74) is 0.583. The maximum atomic E-state index is 13.4. The number of nitrogens with zero attached hydrogens (tertiary/aromatic N) is 1. The van der Waals surface area contributed by atoms with E-state index in [1.165, 1.54) is 6.07 Å². The topological polar surface area (TPSA) is 20.3 Å². The highest BCUT2D eigenvalue weighted by Crippen LogP contribution is 2.38. The second-order valence-electron chi connectivity index (χ2n) is 4.09. The van der Waals surface area contributed by atoms with E-state index < -0.39 is 11.4 Å². The molecule has 1 heterocycles. The highest BCUT2D eigenvalue weighted by molar-refractivity contribution is 5.99. The predicted molar refractivity (Wildman–Crippen MR) is 51.5 cm³/mol. The van der Waals surface area contributed by atoms with Gasteiger partial charge in [-0.1, -0.05) is 12.1 Å². The van der Waals surface area contributed by atoms with Crippen LogP contribution in [0.3, 0.4) is 0 Å². The molecule has 2 rings (SSSR count). The van der Waals surface area contributed by atoms with Crippen molar-refractivity contribution in [3.05, 3.63) is 35.1 Å². The van der Waals surface area contributed by atoms with Gasteiger partial charge in [0.25, 0.3) is 5.91 Å². The average molecular weight is 193 g/mol. The summed E-state index contributed by atoms with van der Waals surface area (Å²) < 4.78 is 13.4. The van der Waals surface area contributed by atoms with E-state index in [-0.39, 0.29) is 11.5 Å². The summed E-state index contributed by atoms with van der Waals surface area (Å²) in [6.45, 7) is 3.83. The zero-order valence-corrected chi connectivity index (χ0v) is 8.47. The monoisotopic (exact) mass is 193 g/mol. The molecule has 0 unspecified atom stereocenters. The number of carbonyl (C=O) groups excluding carboxylic acids is 1. The van der Waals surface area contributed by atoms with Crippen LogP contribution in [-0.2, 0) is 5.54 Å². The van der Waals surface area contributed by atoms with Gasteiger partial charge in [0.05, 0.1) is 11.1 Å².